The summed E-state index contributed by atoms with van der Waals surface area (Å²) < 4.78 is 6.71. The van der Waals surface area contributed by atoms with Crippen molar-refractivity contribution >= 4 is 37.7 Å². The quantitative estimate of drug-likeness (QED) is 0.766. The fourth-order valence-corrected chi connectivity index (χ4v) is 2.67. The lowest BCUT2D eigenvalue weighted by atomic mass is 10.2. The van der Waals surface area contributed by atoms with Gasteiger partial charge in [-0.15, -0.1) is 0 Å². The molecule has 2 unspecified atom stereocenters. The minimum Gasteiger partial charge on any atom is -0.371 e. The maximum atomic E-state index is 5.78. The molecule has 2 atom stereocenters. The first kappa shape index (κ1) is 12.3. The van der Waals surface area contributed by atoms with E-state index < -0.39 is 0 Å². The standard InChI is InChI=1S/C10H13Br2N3O/c1-7-4-15(5-8(2-11)16-7)10-9(12)3-13-6-14-10/h3,6-8H,2,4-5H2,1H3. The van der Waals surface area contributed by atoms with Crippen LogP contribution in [0.15, 0.2) is 17.0 Å². The van der Waals surface area contributed by atoms with E-state index in [0.29, 0.717) is 0 Å². The average molecular weight is 351 g/mol. The predicted molar refractivity (Wildman–Crippen MR) is 70.1 cm³/mol. The van der Waals surface area contributed by atoms with E-state index in [2.05, 4.69) is 53.7 Å². The molecule has 1 saturated heterocycles. The summed E-state index contributed by atoms with van der Waals surface area (Å²) in [6.07, 6.45) is 3.78. The topological polar surface area (TPSA) is 38.2 Å². The van der Waals surface area contributed by atoms with E-state index in [1.165, 1.54) is 0 Å². The Morgan fingerprint density at radius 1 is 1.56 bits per heavy atom. The van der Waals surface area contributed by atoms with E-state index >= 15 is 0 Å². The molecule has 1 aliphatic heterocycles. The molecular formula is C10H13Br2N3O. The summed E-state index contributed by atoms with van der Waals surface area (Å²) >= 11 is 6.94. The maximum absolute atomic E-state index is 5.78. The maximum Gasteiger partial charge on any atom is 0.146 e. The van der Waals surface area contributed by atoms with Gasteiger partial charge in [0.1, 0.15) is 12.1 Å². The number of nitrogens with zero attached hydrogens (tertiary/aromatic N) is 3. The van der Waals surface area contributed by atoms with Gasteiger partial charge in [0.25, 0.3) is 0 Å². The van der Waals surface area contributed by atoms with E-state index in [1.54, 1.807) is 12.5 Å². The van der Waals surface area contributed by atoms with E-state index in [1.807, 2.05) is 0 Å². The smallest absolute Gasteiger partial charge is 0.146 e. The normalized spacial score (nSPS) is 25.8. The summed E-state index contributed by atoms with van der Waals surface area (Å²) in [4.78, 5) is 10.5. The Bertz CT molecular complexity index is 364. The Hall–Kier alpha value is -0.200. The van der Waals surface area contributed by atoms with Gasteiger partial charge >= 0.3 is 0 Å². The molecule has 0 radical (unpaired) electrons. The van der Waals surface area contributed by atoms with Crippen molar-refractivity contribution in [3.8, 4) is 0 Å². The molecular weight excluding hydrogens is 338 g/mol. The van der Waals surface area contributed by atoms with Crippen molar-refractivity contribution < 1.29 is 4.74 Å². The van der Waals surface area contributed by atoms with Crippen molar-refractivity contribution in [1.29, 1.82) is 0 Å². The van der Waals surface area contributed by atoms with Gasteiger partial charge in [0.15, 0.2) is 0 Å². The van der Waals surface area contributed by atoms with Gasteiger partial charge in [-0.2, -0.15) is 0 Å². The number of rotatable bonds is 2. The van der Waals surface area contributed by atoms with Crippen molar-refractivity contribution in [2.45, 2.75) is 19.1 Å². The lowest BCUT2D eigenvalue weighted by Crippen LogP contribution is -2.47. The van der Waals surface area contributed by atoms with E-state index in [9.17, 15) is 0 Å². The number of hydrogen-bond donors (Lipinski definition) is 0. The van der Waals surface area contributed by atoms with Crippen molar-refractivity contribution in [2.24, 2.45) is 0 Å². The van der Waals surface area contributed by atoms with Gasteiger partial charge < -0.3 is 9.64 Å². The molecule has 2 heterocycles. The molecule has 0 aliphatic carbocycles. The second kappa shape index (κ2) is 5.42. The summed E-state index contributed by atoms with van der Waals surface area (Å²) in [5.74, 6) is 0.941. The highest BCUT2D eigenvalue weighted by Gasteiger charge is 2.26. The zero-order valence-electron chi connectivity index (χ0n) is 8.94. The number of hydrogen-bond acceptors (Lipinski definition) is 4. The molecule has 0 aromatic carbocycles. The van der Waals surface area contributed by atoms with Crippen LogP contribution in [0.25, 0.3) is 0 Å². The third kappa shape index (κ3) is 2.73. The van der Waals surface area contributed by atoms with Crippen molar-refractivity contribution in [1.82, 2.24) is 9.97 Å². The van der Waals surface area contributed by atoms with Gasteiger partial charge in [0.05, 0.1) is 16.7 Å². The fraction of sp³-hybridized carbons (Fsp3) is 0.600. The van der Waals surface area contributed by atoms with E-state index in [-0.39, 0.29) is 12.2 Å². The Morgan fingerprint density at radius 2 is 2.38 bits per heavy atom. The molecule has 16 heavy (non-hydrogen) atoms. The van der Waals surface area contributed by atoms with Crippen molar-refractivity contribution in [2.75, 3.05) is 23.3 Å². The first-order valence-electron chi connectivity index (χ1n) is 5.12. The Balaban J connectivity index is 2.17. The van der Waals surface area contributed by atoms with Crippen LogP contribution >= 0.6 is 31.9 Å². The van der Waals surface area contributed by atoms with Crippen LogP contribution in [-0.4, -0.2) is 40.6 Å². The first-order chi connectivity index (χ1) is 7.70. The van der Waals surface area contributed by atoms with Gasteiger partial charge in [0, 0.05) is 24.6 Å². The van der Waals surface area contributed by atoms with Gasteiger partial charge in [-0.25, -0.2) is 9.97 Å². The van der Waals surface area contributed by atoms with Crippen molar-refractivity contribution in [3.05, 3.63) is 17.0 Å². The van der Waals surface area contributed by atoms with Crippen LogP contribution in [0.1, 0.15) is 6.92 Å². The van der Waals surface area contributed by atoms with Crippen LogP contribution in [0.2, 0.25) is 0 Å². The second-order valence-electron chi connectivity index (χ2n) is 3.82. The molecule has 0 amide bonds. The number of aromatic nitrogens is 2. The van der Waals surface area contributed by atoms with Crippen LogP contribution < -0.4 is 4.90 Å². The van der Waals surface area contributed by atoms with E-state index in [0.717, 1.165) is 28.7 Å². The molecule has 0 N–H and O–H groups in total. The third-order valence-corrected chi connectivity index (χ3v) is 3.73. The Kier molecular flexibility index (Phi) is 4.16. The van der Waals surface area contributed by atoms with Crippen LogP contribution in [0.3, 0.4) is 0 Å². The molecule has 1 aliphatic rings. The van der Waals surface area contributed by atoms with Crippen LogP contribution in [-0.2, 0) is 4.74 Å². The van der Waals surface area contributed by atoms with Crippen LogP contribution in [0, 0.1) is 0 Å². The second-order valence-corrected chi connectivity index (χ2v) is 5.32. The minimum absolute atomic E-state index is 0.214. The molecule has 1 aromatic rings. The molecule has 1 fully saturated rings. The van der Waals surface area contributed by atoms with Crippen molar-refractivity contribution in [3.63, 3.8) is 0 Å². The molecule has 0 bridgehead atoms. The summed E-state index contributed by atoms with van der Waals surface area (Å²) in [5, 5.41) is 0.844. The van der Waals surface area contributed by atoms with Gasteiger partial charge in [0.2, 0.25) is 0 Å². The zero-order valence-corrected chi connectivity index (χ0v) is 12.1. The molecule has 4 nitrogen and oxygen atoms in total. The zero-order chi connectivity index (χ0) is 11.5. The van der Waals surface area contributed by atoms with Gasteiger partial charge in [-0.05, 0) is 22.9 Å². The molecule has 0 saturated carbocycles. The summed E-state index contributed by atoms with van der Waals surface area (Å²) in [7, 11) is 0. The van der Waals surface area contributed by atoms with Gasteiger partial charge in [-0.1, -0.05) is 15.9 Å². The third-order valence-electron chi connectivity index (χ3n) is 2.45. The molecule has 1 aromatic heterocycles. The highest BCUT2D eigenvalue weighted by atomic mass is 79.9. The van der Waals surface area contributed by atoms with E-state index in [4.69, 9.17) is 4.74 Å². The molecule has 88 valence electrons. The predicted octanol–water partition coefficient (Wildman–Crippen LogP) is 2.23. The molecule has 2 rings (SSSR count). The Morgan fingerprint density at radius 3 is 3.06 bits per heavy atom. The molecule has 0 spiro atoms. The fourth-order valence-electron chi connectivity index (χ4n) is 1.84. The largest absolute Gasteiger partial charge is 0.371 e. The number of halogens is 2. The lowest BCUT2D eigenvalue weighted by Gasteiger charge is -2.37. The Labute approximate surface area is 112 Å². The highest BCUT2D eigenvalue weighted by Crippen LogP contribution is 2.25. The monoisotopic (exact) mass is 349 g/mol. The molecule has 6 heteroatoms. The summed E-state index contributed by atoms with van der Waals surface area (Å²) in [6.45, 7) is 3.79. The minimum atomic E-state index is 0.214. The number of ether oxygens (including phenoxy) is 1. The lowest BCUT2D eigenvalue weighted by molar-refractivity contribution is -0.00228. The summed E-state index contributed by atoms with van der Waals surface area (Å²) in [6, 6.07) is 0. The first-order valence-corrected chi connectivity index (χ1v) is 7.04. The average Bonchev–Trinajstić information content (AvgIpc) is 2.28. The number of morpholine rings is 1. The summed E-state index contributed by atoms with van der Waals surface area (Å²) in [5.41, 5.74) is 0. The number of anilines is 1. The number of alkyl halides is 1. The SMILES string of the molecule is CC1CN(c2ncncc2Br)CC(CBr)O1. The van der Waals surface area contributed by atoms with Gasteiger partial charge in [-0.3, -0.25) is 0 Å². The van der Waals surface area contributed by atoms with Crippen LogP contribution in [0.4, 0.5) is 5.82 Å². The van der Waals surface area contributed by atoms with Crippen LogP contribution in [0.5, 0.6) is 0 Å². The highest BCUT2D eigenvalue weighted by molar-refractivity contribution is 9.10.